The topological polar surface area (TPSA) is 49.4 Å². The smallest absolute Gasteiger partial charge is 0.295 e. The van der Waals surface area contributed by atoms with E-state index in [0.717, 1.165) is 25.9 Å². The molecular weight excluding hydrogens is 442 g/mol. The van der Waals surface area contributed by atoms with Crippen molar-refractivity contribution in [2.75, 3.05) is 12.0 Å². The van der Waals surface area contributed by atoms with Gasteiger partial charge in [0.05, 0.1) is 11.6 Å². The summed E-state index contributed by atoms with van der Waals surface area (Å²) in [5.41, 5.74) is 1.10. The Bertz CT molecular complexity index is 824. The molecule has 0 atom stereocenters. The molecule has 3 rings (SSSR count). The SMILES string of the molecule is O=C1S/C(=C/c2ccccc2F)C(=O)N1CNc1ccc(I)cc1. The number of thioether (sulfide) groups is 1. The van der Waals surface area contributed by atoms with Crippen LogP contribution in [0.25, 0.3) is 6.08 Å². The van der Waals surface area contributed by atoms with E-state index >= 15 is 0 Å². The molecule has 122 valence electrons. The van der Waals surface area contributed by atoms with Crippen LogP contribution in [0.1, 0.15) is 5.56 Å². The molecule has 0 unspecified atom stereocenters. The molecule has 0 aromatic heterocycles. The quantitative estimate of drug-likeness (QED) is 0.545. The van der Waals surface area contributed by atoms with Gasteiger partial charge in [-0.15, -0.1) is 0 Å². The van der Waals surface area contributed by atoms with Gasteiger partial charge >= 0.3 is 0 Å². The number of carbonyl (C=O) groups is 2. The maximum absolute atomic E-state index is 13.7. The first-order valence-corrected chi connectivity index (χ1v) is 8.93. The Hall–Kier alpha value is -1.87. The van der Waals surface area contributed by atoms with Crippen molar-refractivity contribution in [3.8, 4) is 0 Å². The standard InChI is InChI=1S/C17H12FIN2O2S/c18-14-4-2-1-3-11(14)9-15-16(22)21(17(23)24-15)10-20-13-7-5-12(19)6-8-13/h1-9,20H,10H2/b15-9+. The van der Waals surface area contributed by atoms with Gasteiger partial charge in [-0.2, -0.15) is 0 Å². The van der Waals surface area contributed by atoms with E-state index < -0.39 is 11.7 Å². The highest BCUT2D eigenvalue weighted by Crippen LogP contribution is 2.32. The highest BCUT2D eigenvalue weighted by molar-refractivity contribution is 14.1. The minimum Gasteiger partial charge on any atom is -0.367 e. The summed E-state index contributed by atoms with van der Waals surface area (Å²) in [7, 11) is 0. The summed E-state index contributed by atoms with van der Waals surface area (Å²) in [6, 6.07) is 13.7. The van der Waals surface area contributed by atoms with Crippen molar-refractivity contribution in [1.29, 1.82) is 0 Å². The fourth-order valence-electron chi connectivity index (χ4n) is 2.11. The summed E-state index contributed by atoms with van der Waals surface area (Å²) in [6.07, 6.45) is 1.41. The molecule has 1 aliphatic heterocycles. The van der Waals surface area contributed by atoms with Crippen LogP contribution in [0.15, 0.2) is 53.4 Å². The van der Waals surface area contributed by atoms with Crippen LogP contribution in [0.3, 0.4) is 0 Å². The van der Waals surface area contributed by atoms with Crippen LogP contribution in [0.5, 0.6) is 0 Å². The van der Waals surface area contributed by atoms with E-state index in [-0.39, 0.29) is 22.4 Å². The first kappa shape index (κ1) is 17.0. The van der Waals surface area contributed by atoms with Crippen LogP contribution in [0.2, 0.25) is 0 Å². The predicted molar refractivity (Wildman–Crippen MR) is 102 cm³/mol. The van der Waals surface area contributed by atoms with Crippen molar-refractivity contribution in [3.05, 3.63) is 68.4 Å². The number of hydrogen-bond donors (Lipinski definition) is 1. The number of amides is 2. The number of carbonyl (C=O) groups excluding carboxylic acids is 2. The third-order valence-electron chi connectivity index (χ3n) is 3.35. The molecule has 1 N–H and O–H groups in total. The molecular formula is C17H12FIN2O2S. The van der Waals surface area contributed by atoms with Crippen molar-refractivity contribution < 1.29 is 14.0 Å². The molecule has 0 spiro atoms. The van der Waals surface area contributed by atoms with E-state index in [1.54, 1.807) is 18.2 Å². The molecule has 1 saturated heterocycles. The van der Waals surface area contributed by atoms with Crippen LogP contribution >= 0.6 is 34.4 Å². The highest BCUT2D eigenvalue weighted by atomic mass is 127. The zero-order chi connectivity index (χ0) is 17.1. The van der Waals surface area contributed by atoms with E-state index in [4.69, 9.17) is 0 Å². The van der Waals surface area contributed by atoms with Crippen molar-refractivity contribution in [1.82, 2.24) is 4.90 Å². The number of imide groups is 1. The first-order valence-electron chi connectivity index (χ1n) is 7.04. The zero-order valence-electron chi connectivity index (χ0n) is 12.3. The monoisotopic (exact) mass is 454 g/mol. The van der Waals surface area contributed by atoms with Crippen molar-refractivity contribution in [3.63, 3.8) is 0 Å². The Labute approximate surface area is 156 Å². The summed E-state index contributed by atoms with van der Waals surface area (Å²) in [4.78, 5) is 25.7. The predicted octanol–water partition coefficient (Wildman–Crippen LogP) is 4.54. The van der Waals surface area contributed by atoms with E-state index in [9.17, 15) is 14.0 Å². The fraction of sp³-hybridized carbons (Fsp3) is 0.0588. The summed E-state index contributed by atoms with van der Waals surface area (Å²) in [6.45, 7) is 0.0693. The van der Waals surface area contributed by atoms with Crippen LogP contribution in [0.4, 0.5) is 14.9 Å². The average molecular weight is 454 g/mol. The number of halogens is 2. The number of nitrogens with zero attached hydrogens (tertiary/aromatic N) is 1. The van der Waals surface area contributed by atoms with Crippen LogP contribution in [-0.4, -0.2) is 22.7 Å². The van der Waals surface area contributed by atoms with E-state index in [0.29, 0.717) is 0 Å². The molecule has 0 aliphatic carbocycles. The lowest BCUT2D eigenvalue weighted by Crippen LogP contribution is -2.33. The molecule has 2 aromatic carbocycles. The molecule has 7 heteroatoms. The minimum atomic E-state index is -0.429. The number of nitrogens with one attached hydrogen (secondary N) is 1. The van der Waals surface area contributed by atoms with Gasteiger partial charge in [0, 0.05) is 14.8 Å². The normalized spacial score (nSPS) is 16.1. The second-order valence-electron chi connectivity index (χ2n) is 4.97. The maximum Gasteiger partial charge on any atom is 0.295 e. The van der Waals surface area contributed by atoms with Crippen LogP contribution in [-0.2, 0) is 4.79 Å². The molecule has 1 fully saturated rings. The van der Waals surface area contributed by atoms with Crippen LogP contribution in [0, 0.1) is 9.39 Å². The largest absolute Gasteiger partial charge is 0.367 e. The summed E-state index contributed by atoms with van der Waals surface area (Å²) in [5, 5.41) is 2.66. The fourth-order valence-corrected chi connectivity index (χ4v) is 3.30. The first-order chi connectivity index (χ1) is 11.5. The molecule has 0 saturated carbocycles. The second kappa shape index (κ2) is 7.35. The summed E-state index contributed by atoms with van der Waals surface area (Å²) < 4.78 is 14.8. The van der Waals surface area contributed by atoms with Crippen molar-refractivity contribution >= 4 is 57.3 Å². The second-order valence-corrected chi connectivity index (χ2v) is 7.21. The van der Waals surface area contributed by atoms with Crippen LogP contribution < -0.4 is 5.32 Å². The molecule has 1 heterocycles. The van der Waals surface area contributed by atoms with Gasteiger partial charge in [-0.25, -0.2) is 4.39 Å². The van der Waals surface area contributed by atoms with Crippen molar-refractivity contribution in [2.45, 2.75) is 0 Å². The lowest BCUT2D eigenvalue weighted by atomic mass is 10.2. The third-order valence-corrected chi connectivity index (χ3v) is 4.98. The zero-order valence-corrected chi connectivity index (χ0v) is 15.3. The molecule has 0 bridgehead atoms. The number of benzene rings is 2. The Morgan fingerprint density at radius 1 is 1.12 bits per heavy atom. The van der Waals surface area contributed by atoms with Gasteiger partial charge < -0.3 is 5.32 Å². The van der Waals surface area contributed by atoms with Gasteiger partial charge in [0.2, 0.25) is 0 Å². The number of rotatable bonds is 4. The Kier molecular flexibility index (Phi) is 5.20. The van der Waals surface area contributed by atoms with Gasteiger partial charge in [0.1, 0.15) is 5.82 Å². The molecule has 2 amide bonds. The highest BCUT2D eigenvalue weighted by Gasteiger charge is 2.34. The Balaban J connectivity index is 1.72. The van der Waals surface area contributed by atoms with Gasteiger partial charge in [0.25, 0.3) is 11.1 Å². The Morgan fingerprint density at radius 2 is 1.83 bits per heavy atom. The summed E-state index contributed by atoms with van der Waals surface area (Å²) in [5.74, 6) is -0.854. The van der Waals surface area contributed by atoms with E-state index in [1.165, 1.54) is 12.1 Å². The molecule has 24 heavy (non-hydrogen) atoms. The molecule has 0 radical (unpaired) electrons. The lowest BCUT2D eigenvalue weighted by Gasteiger charge is -2.14. The molecule has 4 nitrogen and oxygen atoms in total. The lowest BCUT2D eigenvalue weighted by molar-refractivity contribution is -0.122. The minimum absolute atomic E-state index is 0.0693. The summed E-state index contributed by atoms with van der Waals surface area (Å²) >= 11 is 3.01. The van der Waals surface area contributed by atoms with Gasteiger partial charge in [-0.1, -0.05) is 18.2 Å². The number of hydrogen-bond acceptors (Lipinski definition) is 4. The Morgan fingerprint density at radius 3 is 2.54 bits per heavy atom. The van der Waals surface area contributed by atoms with Gasteiger partial charge in [-0.3, -0.25) is 14.5 Å². The van der Waals surface area contributed by atoms with Crippen molar-refractivity contribution in [2.24, 2.45) is 0 Å². The molecule has 2 aromatic rings. The van der Waals surface area contributed by atoms with E-state index in [2.05, 4.69) is 27.9 Å². The van der Waals surface area contributed by atoms with Gasteiger partial charge in [-0.05, 0) is 70.8 Å². The maximum atomic E-state index is 13.7. The third kappa shape index (κ3) is 3.78. The average Bonchev–Trinajstić information content (AvgIpc) is 2.83. The molecule has 1 aliphatic rings. The number of anilines is 1. The van der Waals surface area contributed by atoms with Gasteiger partial charge in [0.15, 0.2) is 0 Å². The van der Waals surface area contributed by atoms with E-state index in [1.807, 2.05) is 24.3 Å².